The molecule has 1 heterocycles. The monoisotopic (exact) mass is 488 g/mol. The Labute approximate surface area is 223 Å². The summed E-state index contributed by atoms with van der Waals surface area (Å²) in [4.78, 5) is 2.40. The molecule has 38 heavy (non-hydrogen) atoms. The van der Waals surface area contributed by atoms with Crippen LogP contribution >= 0.6 is 0 Å². The van der Waals surface area contributed by atoms with Gasteiger partial charge in [0.2, 0.25) is 0 Å². The summed E-state index contributed by atoms with van der Waals surface area (Å²) in [6.45, 7) is 4.32. The van der Waals surface area contributed by atoms with Crippen LogP contribution in [0.5, 0.6) is 0 Å². The number of para-hydroxylation sites is 1. The van der Waals surface area contributed by atoms with Crippen molar-refractivity contribution in [3.8, 4) is 5.69 Å². The highest BCUT2D eigenvalue weighted by Crippen LogP contribution is 2.44. The van der Waals surface area contributed by atoms with E-state index in [-0.39, 0.29) is 0 Å². The van der Waals surface area contributed by atoms with Crippen LogP contribution in [0.25, 0.3) is 38.3 Å². The standard InChI is InChI=1S/C36H28N2/c1-25-11-7-15-28(23-25)37(29-16-8-12-26(2)24-29)34-21-10-22-35-36(34)31-18-5-6-19-33(31)38(35)32-20-9-14-27-13-3-4-17-30(27)32/h3-24H,1-2H3. The fourth-order valence-electron chi connectivity index (χ4n) is 5.81. The first kappa shape index (κ1) is 22.4. The average Bonchev–Trinajstić information content (AvgIpc) is 3.28. The van der Waals surface area contributed by atoms with Gasteiger partial charge in [-0.3, -0.25) is 0 Å². The zero-order valence-corrected chi connectivity index (χ0v) is 21.6. The van der Waals surface area contributed by atoms with Gasteiger partial charge in [-0.05, 0) is 78.9 Å². The predicted molar refractivity (Wildman–Crippen MR) is 162 cm³/mol. The van der Waals surface area contributed by atoms with E-state index in [0.717, 1.165) is 11.4 Å². The second-order valence-corrected chi connectivity index (χ2v) is 10.0. The quantitative estimate of drug-likeness (QED) is 0.239. The van der Waals surface area contributed by atoms with Crippen LogP contribution in [0.4, 0.5) is 17.1 Å². The molecule has 0 saturated carbocycles. The number of hydrogen-bond donors (Lipinski definition) is 0. The summed E-state index contributed by atoms with van der Waals surface area (Å²) in [5.74, 6) is 0. The number of nitrogens with zero attached hydrogens (tertiary/aromatic N) is 2. The molecule has 0 spiro atoms. The SMILES string of the molecule is Cc1cccc(N(c2cccc(C)c2)c2cccc3c2c2ccccc2n3-c2cccc3ccccc23)c1. The Kier molecular flexibility index (Phi) is 5.26. The van der Waals surface area contributed by atoms with Gasteiger partial charge in [0.25, 0.3) is 0 Å². The van der Waals surface area contributed by atoms with Gasteiger partial charge in [-0.25, -0.2) is 0 Å². The molecule has 7 aromatic rings. The molecule has 0 bridgehead atoms. The molecule has 0 radical (unpaired) electrons. The third-order valence-corrected chi connectivity index (χ3v) is 7.44. The van der Waals surface area contributed by atoms with Crippen molar-refractivity contribution in [3.63, 3.8) is 0 Å². The lowest BCUT2D eigenvalue weighted by atomic mass is 10.1. The summed E-state index contributed by atoms with van der Waals surface area (Å²) in [6, 6.07) is 48.3. The van der Waals surface area contributed by atoms with Gasteiger partial charge in [-0.1, -0.05) is 84.9 Å². The van der Waals surface area contributed by atoms with Gasteiger partial charge in [0.15, 0.2) is 0 Å². The van der Waals surface area contributed by atoms with E-state index < -0.39 is 0 Å². The zero-order chi connectivity index (χ0) is 25.6. The molecule has 0 N–H and O–H groups in total. The second kappa shape index (κ2) is 8.93. The summed E-state index contributed by atoms with van der Waals surface area (Å²) >= 11 is 0. The number of hydrogen-bond acceptors (Lipinski definition) is 1. The highest BCUT2D eigenvalue weighted by Gasteiger charge is 2.21. The largest absolute Gasteiger partial charge is 0.310 e. The maximum atomic E-state index is 2.43. The number of fused-ring (bicyclic) bond motifs is 4. The maximum Gasteiger partial charge on any atom is 0.0562 e. The van der Waals surface area contributed by atoms with Crippen molar-refractivity contribution in [2.45, 2.75) is 13.8 Å². The fraction of sp³-hybridized carbons (Fsp3) is 0.0556. The van der Waals surface area contributed by atoms with E-state index in [1.807, 2.05) is 0 Å². The second-order valence-electron chi connectivity index (χ2n) is 10.0. The Morgan fingerprint density at radius 3 is 1.82 bits per heavy atom. The Balaban J connectivity index is 1.60. The predicted octanol–water partition coefficient (Wildman–Crippen LogP) is 10.0. The number of anilines is 3. The van der Waals surface area contributed by atoms with Crippen molar-refractivity contribution < 1.29 is 0 Å². The molecule has 0 aliphatic rings. The molecule has 0 aliphatic carbocycles. The van der Waals surface area contributed by atoms with Crippen LogP contribution in [0, 0.1) is 13.8 Å². The molecule has 182 valence electrons. The lowest BCUT2D eigenvalue weighted by Crippen LogP contribution is -2.10. The van der Waals surface area contributed by atoms with E-state index in [1.54, 1.807) is 0 Å². The molecule has 2 heteroatoms. The number of rotatable bonds is 4. The van der Waals surface area contributed by atoms with Gasteiger partial charge < -0.3 is 9.47 Å². The summed E-state index contributed by atoms with van der Waals surface area (Å²) in [7, 11) is 0. The van der Waals surface area contributed by atoms with E-state index >= 15 is 0 Å². The number of aryl methyl sites for hydroxylation is 2. The molecule has 0 atom stereocenters. The molecule has 0 aliphatic heterocycles. The average molecular weight is 489 g/mol. The smallest absolute Gasteiger partial charge is 0.0562 e. The van der Waals surface area contributed by atoms with Crippen LogP contribution in [0.3, 0.4) is 0 Å². The maximum absolute atomic E-state index is 2.43. The number of benzene rings is 6. The van der Waals surface area contributed by atoms with Gasteiger partial charge in [0.1, 0.15) is 0 Å². The van der Waals surface area contributed by atoms with Crippen LogP contribution in [-0.2, 0) is 0 Å². The topological polar surface area (TPSA) is 8.17 Å². The Bertz CT molecular complexity index is 1910. The van der Waals surface area contributed by atoms with E-state index in [0.29, 0.717) is 0 Å². The first-order valence-corrected chi connectivity index (χ1v) is 13.1. The number of aromatic nitrogens is 1. The third kappa shape index (κ3) is 3.57. The minimum atomic E-state index is 1.16. The van der Waals surface area contributed by atoms with Crippen molar-refractivity contribution in [2.24, 2.45) is 0 Å². The molecule has 6 aromatic carbocycles. The first-order valence-electron chi connectivity index (χ1n) is 13.1. The van der Waals surface area contributed by atoms with Gasteiger partial charge >= 0.3 is 0 Å². The van der Waals surface area contributed by atoms with E-state index in [2.05, 4.69) is 157 Å². The Morgan fingerprint density at radius 1 is 0.500 bits per heavy atom. The van der Waals surface area contributed by atoms with Crippen LogP contribution in [0.1, 0.15) is 11.1 Å². The Morgan fingerprint density at radius 2 is 1.08 bits per heavy atom. The lowest BCUT2D eigenvalue weighted by molar-refractivity contribution is 1.20. The highest BCUT2D eigenvalue weighted by atomic mass is 15.1. The van der Waals surface area contributed by atoms with Crippen LogP contribution < -0.4 is 4.90 Å². The summed E-state index contributed by atoms with van der Waals surface area (Å²) in [6.07, 6.45) is 0. The third-order valence-electron chi connectivity index (χ3n) is 7.44. The van der Waals surface area contributed by atoms with Crippen molar-refractivity contribution in [3.05, 3.63) is 145 Å². The molecular formula is C36H28N2. The molecule has 0 fully saturated rings. The molecule has 2 nitrogen and oxygen atoms in total. The van der Waals surface area contributed by atoms with Gasteiger partial charge in [-0.15, -0.1) is 0 Å². The Hall–Kier alpha value is -4.82. The zero-order valence-electron chi connectivity index (χ0n) is 21.6. The molecule has 0 unspecified atom stereocenters. The lowest BCUT2D eigenvalue weighted by Gasteiger charge is -2.27. The van der Waals surface area contributed by atoms with Gasteiger partial charge in [0, 0.05) is 27.5 Å². The summed E-state index contributed by atoms with van der Waals surface area (Å²) in [5, 5.41) is 4.99. The van der Waals surface area contributed by atoms with E-state index in [4.69, 9.17) is 0 Å². The first-order chi connectivity index (χ1) is 18.7. The van der Waals surface area contributed by atoms with Gasteiger partial charge in [-0.2, -0.15) is 0 Å². The minimum Gasteiger partial charge on any atom is -0.310 e. The van der Waals surface area contributed by atoms with Crippen molar-refractivity contribution >= 4 is 49.6 Å². The van der Waals surface area contributed by atoms with Crippen molar-refractivity contribution in [1.82, 2.24) is 4.57 Å². The van der Waals surface area contributed by atoms with Crippen LogP contribution in [0.2, 0.25) is 0 Å². The van der Waals surface area contributed by atoms with Crippen LogP contribution in [-0.4, -0.2) is 4.57 Å². The van der Waals surface area contributed by atoms with Gasteiger partial charge in [0.05, 0.1) is 22.4 Å². The highest BCUT2D eigenvalue weighted by molar-refractivity contribution is 6.17. The summed E-state index contributed by atoms with van der Waals surface area (Å²) in [5.41, 5.74) is 9.58. The fourth-order valence-corrected chi connectivity index (χ4v) is 5.81. The molecule has 0 amide bonds. The van der Waals surface area contributed by atoms with E-state index in [9.17, 15) is 0 Å². The normalized spacial score (nSPS) is 11.4. The van der Waals surface area contributed by atoms with Crippen LogP contribution in [0.15, 0.2) is 133 Å². The van der Waals surface area contributed by atoms with E-state index in [1.165, 1.54) is 55.1 Å². The minimum absolute atomic E-state index is 1.16. The van der Waals surface area contributed by atoms with Crippen molar-refractivity contribution in [2.75, 3.05) is 4.90 Å². The molecule has 1 aromatic heterocycles. The molecule has 7 rings (SSSR count). The molecule has 0 saturated heterocycles. The molecular weight excluding hydrogens is 460 g/mol. The van der Waals surface area contributed by atoms with Crippen molar-refractivity contribution in [1.29, 1.82) is 0 Å². The summed E-state index contributed by atoms with van der Waals surface area (Å²) < 4.78 is 2.43.